The van der Waals surface area contributed by atoms with Crippen molar-refractivity contribution in [2.75, 3.05) is 6.26 Å². The molecule has 118 valence electrons. The summed E-state index contributed by atoms with van der Waals surface area (Å²) < 4.78 is 28.1. The van der Waals surface area contributed by atoms with E-state index in [0.29, 0.717) is 24.2 Å². The average Bonchev–Trinajstić information content (AvgIpc) is 2.98. The fourth-order valence-corrected chi connectivity index (χ4v) is 3.36. The van der Waals surface area contributed by atoms with Crippen LogP contribution < -0.4 is 0 Å². The van der Waals surface area contributed by atoms with E-state index in [1.165, 1.54) is 12.1 Å². The Hall–Kier alpha value is -1.73. The molecule has 0 unspecified atom stereocenters. The average molecular weight is 322 g/mol. The molecule has 1 heterocycles. The summed E-state index contributed by atoms with van der Waals surface area (Å²) in [6.07, 6.45) is 5.40. The second kappa shape index (κ2) is 5.48. The molecule has 7 heteroatoms. The van der Waals surface area contributed by atoms with E-state index in [1.54, 1.807) is 12.1 Å². The summed E-state index contributed by atoms with van der Waals surface area (Å²) in [6.45, 7) is 0. The lowest BCUT2D eigenvalue weighted by atomic mass is 9.85. The molecule has 1 aliphatic carbocycles. The third kappa shape index (κ3) is 2.91. The molecule has 3 rings (SSSR count). The molecule has 1 fully saturated rings. The summed E-state index contributed by atoms with van der Waals surface area (Å²) >= 11 is 0. The standard InChI is InChI=1S/C15H18N2O4S/c1-22(19,20)12-7-5-11(6-8-12)13-16-14(21-17-13)15(18)9-3-2-4-10-15/h5-8,18H,2-4,9-10H2,1H3. The maximum Gasteiger partial charge on any atom is 0.258 e. The molecule has 1 N–H and O–H groups in total. The van der Waals surface area contributed by atoms with Gasteiger partial charge in [0.15, 0.2) is 9.84 Å². The number of aromatic nitrogens is 2. The number of hydrogen-bond donors (Lipinski definition) is 1. The first-order valence-corrected chi connectivity index (χ1v) is 9.15. The van der Waals surface area contributed by atoms with Gasteiger partial charge in [-0.1, -0.05) is 24.4 Å². The highest BCUT2D eigenvalue weighted by atomic mass is 32.2. The lowest BCUT2D eigenvalue weighted by molar-refractivity contribution is -0.0287. The fourth-order valence-electron chi connectivity index (χ4n) is 2.73. The van der Waals surface area contributed by atoms with E-state index in [4.69, 9.17) is 4.52 Å². The smallest absolute Gasteiger partial charge is 0.258 e. The van der Waals surface area contributed by atoms with Crippen LogP contribution in [0, 0.1) is 0 Å². The van der Waals surface area contributed by atoms with Gasteiger partial charge in [0.05, 0.1) is 4.90 Å². The number of sulfone groups is 1. The van der Waals surface area contributed by atoms with Gasteiger partial charge in [0.1, 0.15) is 5.60 Å². The first-order chi connectivity index (χ1) is 10.4. The van der Waals surface area contributed by atoms with Gasteiger partial charge in [-0.25, -0.2) is 8.42 Å². The van der Waals surface area contributed by atoms with Crippen molar-refractivity contribution in [1.82, 2.24) is 10.1 Å². The highest BCUT2D eigenvalue weighted by molar-refractivity contribution is 7.90. The predicted molar refractivity (Wildman–Crippen MR) is 79.8 cm³/mol. The molecule has 1 aromatic heterocycles. The van der Waals surface area contributed by atoms with Crippen molar-refractivity contribution >= 4 is 9.84 Å². The van der Waals surface area contributed by atoms with Gasteiger partial charge in [-0.3, -0.25) is 0 Å². The summed E-state index contributed by atoms with van der Waals surface area (Å²) in [7, 11) is -3.23. The van der Waals surface area contributed by atoms with E-state index in [1.807, 2.05) is 0 Å². The topological polar surface area (TPSA) is 93.3 Å². The van der Waals surface area contributed by atoms with Crippen LogP contribution in [0.3, 0.4) is 0 Å². The largest absolute Gasteiger partial charge is 0.380 e. The highest BCUT2D eigenvalue weighted by Gasteiger charge is 2.37. The van der Waals surface area contributed by atoms with E-state index in [9.17, 15) is 13.5 Å². The van der Waals surface area contributed by atoms with Crippen LogP contribution in [0.1, 0.15) is 38.0 Å². The molecule has 0 radical (unpaired) electrons. The number of aliphatic hydroxyl groups is 1. The van der Waals surface area contributed by atoms with Crippen molar-refractivity contribution in [3.63, 3.8) is 0 Å². The molecule has 6 nitrogen and oxygen atoms in total. The fraction of sp³-hybridized carbons (Fsp3) is 0.467. The van der Waals surface area contributed by atoms with Crippen molar-refractivity contribution in [2.45, 2.75) is 42.6 Å². The first-order valence-electron chi connectivity index (χ1n) is 7.26. The summed E-state index contributed by atoms with van der Waals surface area (Å²) in [5.74, 6) is 0.600. The quantitative estimate of drug-likeness (QED) is 0.932. The second-order valence-electron chi connectivity index (χ2n) is 5.81. The van der Waals surface area contributed by atoms with Crippen LogP contribution in [0.2, 0.25) is 0 Å². The monoisotopic (exact) mass is 322 g/mol. The van der Waals surface area contributed by atoms with Crippen LogP contribution in [-0.2, 0) is 15.4 Å². The number of rotatable bonds is 3. The van der Waals surface area contributed by atoms with E-state index in [-0.39, 0.29) is 10.8 Å². The summed E-state index contributed by atoms with van der Waals surface area (Å²) in [5.41, 5.74) is -0.377. The zero-order valence-corrected chi connectivity index (χ0v) is 13.1. The molecule has 22 heavy (non-hydrogen) atoms. The Morgan fingerprint density at radius 1 is 1.14 bits per heavy atom. The molecule has 2 aromatic rings. The first kappa shape index (κ1) is 15.2. The van der Waals surface area contributed by atoms with Crippen LogP contribution in [0.5, 0.6) is 0 Å². The summed E-state index contributed by atoms with van der Waals surface area (Å²) in [6, 6.07) is 6.29. The third-order valence-electron chi connectivity index (χ3n) is 4.05. The van der Waals surface area contributed by atoms with Crippen molar-refractivity contribution in [1.29, 1.82) is 0 Å². The molecule has 1 aromatic carbocycles. The molecule has 0 aliphatic heterocycles. The Balaban J connectivity index is 1.87. The Morgan fingerprint density at radius 3 is 2.36 bits per heavy atom. The van der Waals surface area contributed by atoms with Crippen molar-refractivity contribution in [2.24, 2.45) is 0 Å². The van der Waals surface area contributed by atoms with Crippen molar-refractivity contribution in [3.05, 3.63) is 30.2 Å². The van der Waals surface area contributed by atoms with Crippen LogP contribution in [0.4, 0.5) is 0 Å². The summed E-state index contributed by atoms with van der Waals surface area (Å²) in [5, 5.41) is 14.5. The molecular weight excluding hydrogens is 304 g/mol. The van der Waals surface area contributed by atoms with Crippen molar-refractivity contribution in [3.8, 4) is 11.4 Å². The van der Waals surface area contributed by atoms with E-state index in [0.717, 1.165) is 25.5 Å². The normalized spacial score (nSPS) is 18.3. The van der Waals surface area contributed by atoms with Crippen LogP contribution in [0.15, 0.2) is 33.7 Å². The lowest BCUT2D eigenvalue weighted by Crippen LogP contribution is -2.28. The maximum atomic E-state index is 11.5. The van der Waals surface area contributed by atoms with Gasteiger partial charge in [0.2, 0.25) is 5.82 Å². The minimum Gasteiger partial charge on any atom is -0.380 e. The number of nitrogens with zero attached hydrogens (tertiary/aromatic N) is 2. The third-order valence-corrected chi connectivity index (χ3v) is 5.17. The lowest BCUT2D eigenvalue weighted by Gasteiger charge is -2.27. The Morgan fingerprint density at radius 2 is 1.77 bits per heavy atom. The van der Waals surface area contributed by atoms with E-state index < -0.39 is 15.4 Å². The van der Waals surface area contributed by atoms with Crippen LogP contribution in [-0.4, -0.2) is 29.9 Å². The highest BCUT2D eigenvalue weighted by Crippen LogP contribution is 2.36. The minimum absolute atomic E-state index is 0.242. The Labute approximate surface area is 129 Å². The van der Waals surface area contributed by atoms with Gasteiger partial charge >= 0.3 is 0 Å². The zero-order valence-electron chi connectivity index (χ0n) is 12.3. The van der Waals surface area contributed by atoms with Gasteiger partial charge in [-0.05, 0) is 37.1 Å². The number of benzene rings is 1. The minimum atomic E-state index is -3.23. The molecular formula is C15H18N2O4S. The molecule has 0 spiro atoms. The van der Waals surface area contributed by atoms with E-state index >= 15 is 0 Å². The van der Waals surface area contributed by atoms with Gasteiger partial charge < -0.3 is 9.63 Å². The second-order valence-corrected chi connectivity index (χ2v) is 7.83. The van der Waals surface area contributed by atoms with Gasteiger partial charge in [-0.2, -0.15) is 4.98 Å². The van der Waals surface area contributed by atoms with Crippen LogP contribution in [0.25, 0.3) is 11.4 Å². The molecule has 1 saturated carbocycles. The van der Waals surface area contributed by atoms with Gasteiger partial charge in [-0.15, -0.1) is 0 Å². The van der Waals surface area contributed by atoms with E-state index in [2.05, 4.69) is 10.1 Å². The Bertz CT molecular complexity index is 759. The number of hydrogen-bond acceptors (Lipinski definition) is 6. The molecule has 0 amide bonds. The van der Waals surface area contributed by atoms with Crippen LogP contribution >= 0.6 is 0 Å². The van der Waals surface area contributed by atoms with Gasteiger partial charge in [0, 0.05) is 11.8 Å². The SMILES string of the molecule is CS(=O)(=O)c1ccc(-c2noc(C3(O)CCCCC3)n2)cc1. The molecule has 0 atom stereocenters. The maximum absolute atomic E-state index is 11.5. The predicted octanol–water partition coefficient (Wildman–Crippen LogP) is 2.29. The Kier molecular flexibility index (Phi) is 3.78. The zero-order chi connectivity index (χ0) is 15.8. The molecule has 0 bridgehead atoms. The van der Waals surface area contributed by atoms with Crippen molar-refractivity contribution < 1.29 is 18.0 Å². The molecule has 1 aliphatic rings. The van der Waals surface area contributed by atoms with Gasteiger partial charge in [0.25, 0.3) is 5.89 Å². The summed E-state index contributed by atoms with van der Waals surface area (Å²) in [4.78, 5) is 4.53. The molecule has 0 saturated heterocycles.